The third-order valence-electron chi connectivity index (χ3n) is 4.41. The molecule has 140 valence electrons. The highest BCUT2D eigenvalue weighted by atomic mass is 19.1. The van der Waals surface area contributed by atoms with Crippen molar-refractivity contribution in [2.45, 2.75) is 18.6 Å². The maximum absolute atomic E-state index is 14.0. The van der Waals surface area contributed by atoms with Crippen molar-refractivity contribution in [1.82, 2.24) is 25.1 Å². The minimum atomic E-state index is -0.974. The van der Waals surface area contributed by atoms with E-state index in [1.807, 2.05) is 19.0 Å². The molecule has 1 saturated heterocycles. The molecule has 2 aromatic rings. The molecule has 26 heavy (non-hydrogen) atoms. The molecule has 0 aromatic carbocycles. The van der Waals surface area contributed by atoms with Gasteiger partial charge in [0.15, 0.2) is 0 Å². The molecule has 3 rings (SSSR count). The van der Waals surface area contributed by atoms with E-state index in [2.05, 4.69) is 20.4 Å². The fourth-order valence-corrected chi connectivity index (χ4v) is 2.98. The highest BCUT2D eigenvalue weighted by molar-refractivity contribution is 5.98. The third kappa shape index (κ3) is 3.53. The molecule has 2 aromatic heterocycles. The lowest BCUT2D eigenvalue weighted by Crippen LogP contribution is -2.40. The van der Waals surface area contributed by atoms with Gasteiger partial charge in [0.25, 0.3) is 5.91 Å². The second kappa shape index (κ2) is 7.14. The Bertz CT molecular complexity index is 792. The number of nitrogens with zero attached hydrogens (tertiary/aromatic N) is 6. The van der Waals surface area contributed by atoms with Crippen molar-refractivity contribution in [2.24, 2.45) is 7.05 Å². The summed E-state index contributed by atoms with van der Waals surface area (Å²) in [7, 11) is 5.35. The summed E-state index contributed by atoms with van der Waals surface area (Å²) in [5.41, 5.74) is 6.13. The zero-order valence-corrected chi connectivity index (χ0v) is 15.1. The number of aryl methyl sites for hydroxylation is 1. The first-order chi connectivity index (χ1) is 12.4. The van der Waals surface area contributed by atoms with Gasteiger partial charge in [0.2, 0.25) is 5.95 Å². The third-order valence-corrected chi connectivity index (χ3v) is 4.41. The van der Waals surface area contributed by atoms with Crippen LogP contribution in [0, 0.1) is 0 Å². The first-order valence-corrected chi connectivity index (χ1v) is 8.33. The van der Waals surface area contributed by atoms with Crippen LogP contribution in [0.25, 0.3) is 0 Å². The van der Waals surface area contributed by atoms with Gasteiger partial charge in [0.1, 0.15) is 23.4 Å². The smallest absolute Gasteiger partial charge is 0.256 e. The molecule has 0 bridgehead atoms. The lowest BCUT2D eigenvalue weighted by molar-refractivity contribution is 0.0951. The van der Waals surface area contributed by atoms with Crippen molar-refractivity contribution in [2.75, 3.05) is 42.7 Å². The SMILES string of the molecule is CN(C)c1nccc(N2C[C@@H](F)C[C@H]2CNC(=O)c2cnn(C)c2N)n1. The lowest BCUT2D eigenvalue weighted by atomic mass is 10.2. The average Bonchev–Trinajstić information content (AvgIpc) is 3.15. The van der Waals surface area contributed by atoms with Gasteiger partial charge in [-0.2, -0.15) is 10.1 Å². The van der Waals surface area contributed by atoms with Gasteiger partial charge >= 0.3 is 0 Å². The zero-order valence-electron chi connectivity index (χ0n) is 15.1. The highest BCUT2D eigenvalue weighted by Gasteiger charge is 2.33. The Morgan fingerprint density at radius 1 is 1.50 bits per heavy atom. The Hall–Kier alpha value is -2.91. The molecule has 3 N–H and O–H groups in total. The van der Waals surface area contributed by atoms with E-state index in [4.69, 9.17) is 5.73 Å². The first kappa shape index (κ1) is 17.9. The number of rotatable bonds is 5. The minimum absolute atomic E-state index is 0.197. The molecule has 2 atom stereocenters. The van der Waals surface area contributed by atoms with Crippen molar-refractivity contribution in [3.05, 3.63) is 24.0 Å². The molecule has 1 fully saturated rings. The van der Waals surface area contributed by atoms with Crippen molar-refractivity contribution < 1.29 is 9.18 Å². The molecule has 1 aliphatic heterocycles. The molecule has 1 aliphatic rings. The molecule has 0 saturated carbocycles. The Morgan fingerprint density at radius 3 is 2.92 bits per heavy atom. The molecule has 1 amide bonds. The molecule has 3 heterocycles. The number of carbonyl (C=O) groups excluding carboxylic acids is 1. The summed E-state index contributed by atoms with van der Waals surface area (Å²) in [6.45, 7) is 0.522. The summed E-state index contributed by atoms with van der Waals surface area (Å²) in [4.78, 5) is 24.6. The second-order valence-electron chi connectivity index (χ2n) is 6.53. The van der Waals surface area contributed by atoms with Crippen LogP contribution in [0.5, 0.6) is 0 Å². The van der Waals surface area contributed by atoms with Crippen LogP contribution in [0.2, 0.25) is 0 Å². The zero-order chi connectivity index (χ0) is 18.8. The number of anilines is 3. The molecule has 0 spiro atoms. The van der Waals surface area contributed by atoms with Crippen LogP contribution in [-0.2, 0) is 7.05 Å². The van der Waals surface area contributed by atoms with E-state index >= 15 is 0 Å². The Labute approximate surface area is 151 Å². The van der Waals surface area contributed by atoms with E-state index in [1.165, 1.54) is 10.9 Å². The topological polar surface area (TPSA) is 105 Å². The quantitative estimate of drug-likeness (QED) is 0.783. The molecule has 0 unspecified atom stereocenters. The summed E-state index contributed by atoms with van der Waals surface area (Å²) in [5.74, 6) is 1.16. The van der Waals surface area contributed by atoms with Gasteiger partial charge in [0.05, 0.1) is 18.8 Å². The second-order valence-corrected chi connectivity index (χ2v) is 6.53. The van der Waals surface area contributed by atoms with Gasteiger partial charge < -0.3 is 20.9 Å². The summed E-state index contributed by atoms with van der Waals surface area (Å²) in [6, 6.07) is 1.55. The fourth-order valence-electron chi connectivity index (χ4n) is 2.98. The number of aromatic nitrogens is 4. The number of amides is 1. The van der Waals surface area contributed by atoms with Crippen LogP contribution >= 0.6 is 0 Å². The van der Waals surface area contributed by atoms with Gasteiger partial charge in [-0.15, -0.1) is 0 Å². The lowest BCUT2D eigenvalue weighted by Gasteiger charge is -2.26. The van der Waals surface area contributed by atoms with Gasteiger partial charge in [-0.1, -0.05) is 0 Å². The summed E-state index contributed by atoms with van der Waals surface area (Å²) >= 11 is 0. The number of alkyl halides is 1. The van der Waals surface area contributed by atoms with Crippen molar-refractivity contribution in [3.8, 4) is 0 Å². The normalized spacial score (nSPS) is 19.6. The standard InChI is InChI=1S/C16H23FN8O/c1-23(2)16-19-5-4-13(22-16)25-9-10(17)6-11(25)7-20-15(26)12-8-21-24(3)14(12)18/h4-5,8,10-11H,6-7,9,18H2,1-3H3,(H,20,26)/t10-,11-/m0/s1. The monoisotopic (exact) mass is 362 g/mol. The van der Waals surface area contributed by atoms with E-state index < -0.39 is 6.17 Å². The maximum atomic E-state index is 14.0. The molecular formula is C16H23FN8O. The maximum Gasteiger partial charge on any atom is 0.256 e. The van der Waals surface area contributed by atoms with Crippen LogP contribution < -0.4 is 20.9 Å². The Kier molecular flexibility index (Phi) is 4.92. The van der Waals surface area contributed by atoms with Gasteiger partial charge in [-0.25, -0.2) is 9.37 Å². The van der Waals surface area contributed by atoms with Crippen LogP contribution in [0.3, 0.4) is 0 Å². The van der Waals surface area contributed by atoms with Crippen LogP contribution in [0.4, 0.5) is 22.0 Å². The van der Waals surface area contributed by atoms with Gasteiger partial charge in [-0.05, 0) is 6.07 Å². The van der Waals surface area contributed by atoms with Crippen molar-refractivity contribution >= 4 is 23.5 Å². The molecule has 0 aliphatic carbocycles. The van der Waals surface area contributed by atoms with Gasteiger partial charge in [0, 0.05) is 40.3 Å². The number of nitrogens with two attached hydrogens (primary N) is 1. The van der Waals surface area contributed by atoms with Gasteiger partial charge in [-0.3, -0.25) is 9.48 Å². The molecule has 9 nitrogen and oxygen atoms in total. The van der Waals surface area contributed by atoms with E-state index in [-0.39, 0.29) is 25.0 Å². The first-order valence-electron chi connectivity index (χ1n) is 8.33. The summed E-state index contributed by atoms with van der Waals surface area (Å²) in [6.07, 6.45) is 2.42. The molecular weight excluding hydrogens is 339 g/mol. The number of carbonyl (C=O) groups is 1. The van der Waals surface area contributed by atoms with E-state index in [1.54, 1.807) is 24.2 Å². The van der Waals surface area contributed by atoms with Crippen LogP contribution in [0.15, 0.2) is 18.5 Å². The number of hydrogen-bond acceptors (Lipinski definition) is 7. The van der Waals surface area contributed by atoms with E-state index in [0.29, 0.717) is 29.6 Å². The Balaban J connectivity index is 1.71. The number of nitrogen functional groups attached to an aromatic ring is 1. The number of halogens is 1. The molecule has 10 heteroatoms. The Morgan fingerprint density at radius 2 is 2.27 bits per heavy atom. The van der Waals surface area contributed by atoms with Crippen molar-refractivity contribution in [3.63, 3.8) is 0 Å². The number of hydrogen-bond donors (Lipinski definition) is 2. The van der Waals surface area contributed by atoms with Crippen LogP contribution in [-0.4, -0.2) is 65.1 Å². The van der Waals surface area contributed by atoms with Crippen molar-refractivity contribution in [1.29, 1.82) is 0 Å². The average molecular weight is 362 g/mol. The highest BCUT2D eigenvalue weighted by Crippen LogP contribution is 2.26. The summed E-state index contributed by atoms with van der Waals surface area (Å²) < 4.78 is 15.5. The van der Waals surface area contributed by atoms with Crippen LogP contribution in [0.1, 0.15) is 16.8 Å². The van der Waals surface area contributed by atoms with E-state index in [9.17, 15) is 9.18 Å². The predicted octanol–water partition coefficient (Wildman–Crippen LogP) is 0.205. The minimum Gasteiger partial charge on any atom is -0.383 e. The summed E-state index contributed by atoms with van der Waals surface area (Å²) in [5, 5.41) is 6.77. The predicted molar refractivity (Wildman–Crippen MR) is 97.0 cm³/mol. The number of nitrogens with one attached hydrogen (secondary N) is 1. The van der Waals surface area contributed by atoms with E-state index in [0.717, 1.165) is 0 Å². The largest absolute Gasteiger partial charge is 0.383 e. The molecule has 0 radical (unpaired) electrons. The fraction of sp³-hybridized carbons (Fsp3) is 0.500.